The van der Waals surface area contributed by atoms with Crippen molar-refractivity contribution in [2.75, 3.05) is 27.2 Å². The van der Waals surface area contributed by atoms with Crippen LogP contribution >= 0.6 is 0 Å². The minimum atomic E-state index is -0.0763. The molecule has 1 heterocycles. The molecule has 2 rings (SSSR count). The largest absolute Gasteiger partial charge is 0.494 e. The highest BCUT2D eigenvalue weighted by Crippen LogP contribution is 2.24. The molecule has 0 saturated heterocycles. The third kappa shape index (κ3) is 4.11. The fourth-order valence-electron chi connectivity index (χ4n) is 1.90. The Morgan fingerprint density at radius 3 is 2.45 bits per heavy atom. The molecule has 20 heavy (non-hydrogen) atoms. The molecule has 1 aromatic heterocycles. The van der Waals surface area contributed by atoms with Crippen LogP contribution in [0.3, 0.4) is 0 Å². The van der Waals surface area contributed by atoms with Gasteiger partial charge >= 0.3 is 0 Å². The number of nitrogens with zero attached hydrogens (tertiary/aromatic N) is 1. The van der Waals surface area contributed by atoms with Gasteiger partial charge in [0.25, 0.3) is 0 Å². The van der Waals surface area contributed by atoms with Gasteiger partial charge in [-0.25, -0.2) is 0 Å². The van der Waals surface area contributed by atoms with E-state index in [2.05, 4.69) is 19.0 Å². The number of aliphatic hydroxyl groups is 1. The summed E-state index contributed by atoms with van der Waals surface area (Å²) in [5.41, 5.74) is 0.977. The van der Waals surface area contributed by atoms with E-state index in [1.165, 1.54) is 0 Å². The van der Waals surface area contributed by atoms with Crippen LogP contribution in [0.4, 0.5) is 0 Å². The second-order valence-electron chi connectivity index (χ2n) is 4.95. The Hall–Kier alpha value is -1.78. The summed E-state index contributed by atoms with van der Waals surface area (Å²) in [4.78, 5) is 2.14. The molecule has 4 nitrogen and oxygen atoms in total. The summed E-state index contributed by atoms with van der Waals surface area (Å²) in [6.07, 6.45) is 1.01. The first-order chi connectivity index (χ1) is 9.69. The van der Waals surface area contributed by atoms with Crippen molar-refractivity contribution in [3.8, 4) is 17.1 Å². The van der Waals surface area contributed by atoms with E-state index in [-0.39, 0.29) is 6.61 Å². The first-order valence-corrected chi connectivity index (χ1v) is 6.76. The maximum absolute atomic E-state index is 8.98. The highest BCUT2D eigenvalue weighted by Gasteiger charge is 2.04. The average Bonchev–Trinajstić information content (AvgIpc) is 2.93. The normalized spacial score (nSPS) is 11.0. The smallest absolute Gasteiger partial charge is 0.134 e. The molecule has 108 valence electrons. The van der Waals surface area contributed by atoms with Crippen LogP contribution in [0.1, 0.15) is 12.2 Å². The highest BCUT2D eigenvalue weighted by atomic mass is 16.5. The first-order valence-electron chi connectivity index (χ1n) is 6.76. The number of aliphatic hydroxyl groups excluding tert-OH is 1. The molecule has 0 radical (unpaired) electrons. The van der Waals surface area contributed by atoms with Gasteiger partial charge < -0.3 is 19.2 Å². The third-order valence-electron chi connectivity index (χ3n) is 2.97. The molecule has 0 aliphatic carbocycles. The van der Waals surface area contributed by atoms with Gasteiger partial charge in [0.05, 0.1) is 6.61 Å². The van der Waals surface area contributed by atoms with Gasteiger partial charge in [-0.2, -0.15) is 0 Å². The van der Waals surface area contributed by atoms with E-state index in [9.17, 15) is 0 Å². The van der Waals surface area contributed by atoms with E-state index in [1.807, 2.05) is 30.3 Å². The predicted octanol–water partition coefficient (Wildman–Crippen LogP) is 2.77. The Bertz CT molecular complexity index is 517. The SMILES string of the molecule is CN(C)CCCOc1ccc(-c2ccc(CO)o2)cc1. The fraction of sp³-hybridized carbons (Fsp3) is 0.375. The van der Waals surface area contributed by atoms with Gasteiger partial charge in [-0.05, 0) is 56.9 Å². The number of rotatable bonds is 7. The van der Waals surface area contributed by atoms with Crippen LogP contribution in [0.5, 0.6) is 5.75 Å². The minimum Gasteiger partial charge on any atom is -0.494 e. The standard InChI is InChI=1S/C16H21NO3/c1-17(2)10-3-11-19-14-6-4-13(5-7-14)16-9-8-15(12-18)20-16/h4-9,18H,3,10-12H2,1-2H3. The number of benzene rings is 1. The zero-order chi connectivity index (χ0) is 14.4. The maximum atomic E-state index is 8.98. The Labute approximate surface area is 119 Å². The number of hydrogen-bond acceptors (Lipinski definition) is 4. The lowest BCUT2D eigenvalue weighted by atomic mass is 10.2. The monoisotopic (exact) mass is 275 g/mol. The fourth-order valence-corrected chi connectivity index (χ4v) is 1.90. The molecule has 0 aliphatic heterocycles. The van der Waals surface area contributed by atoms with Crippen molar-refractivity contribution in [3.63, 3.8) is 0 Å². The lowest BCUT2D eigenvalue weighted by Crippen LogP contribution is -2.15. The zero-order valence-corrected chi connectivity index (χ0v) is 12.0. The second-order valence-corrected chi connectivity index (χ2v) is 4.95. The molecule has 0 fully saturated rings. The average molecular weight is 275 g/mol. The molecular formula is C16H21NO3. The van der Waals surface area contributed by atoms with Crippen LogP contribution in [0.15, 0.2) is 40.8 Å². The molecule has 0 bridgehead atoms. The summed E-state index contributed by atoms with van der Waals surface area (Å²) < 4.78 is 11.2. The van der Waals surface area contributed by atoms with E-state index in [0.29, 0.717) is 12.4 Å². The van der Waals surface area contributed by atoms with Gasteiger partial charge in [0.15, 0.2) is 0 Å². The molecular weight excluding hydrogens is 254 g/mol. The van der Waals surface area contributed by atoms with E-state index in [1.54, 1.807) is 6.07 Å². The lowest BCUT2D eigenvalue weighted by molar-refractivity contribution is 0.248. The summed E-state index contributed by atoms with van der Waals surface area (Å²) in [7, 11) is 4.11. The molecule has 0 aliphatic rings. The van der Waals surface area contributed by atoms with Gasteiger partial charge in [-0.3, -0.25) is 0 Å². The van der Waals surface area contributed by atoms with Gasteiger partial charge in [-0.15, -0.1) is 0 Å². The Morgan fingerprint density at radius 2 is 1.85 bits per heavy atom. The minimum absolute atomic E-state index is 0.0763. The van der Waals surface area contributed by atoms with Crippen molar-refractivity contribution < 1.29 is 14.3 Å². The first kappa shape index (κ1) is 14.6. The van der Waals surface area contributed by atoms with Crippen molar-refractivity contribution in [2.24, 2.45) is 0 Å². The van der Waals surface area contributed by atoms with E-state index >= 15 is 0 Å². The molecule has 1 aromatic carbocycles. The molecule has 1 N–H and O–H groups in total. The summed E-state index contributed by atoms with van der Waals surface area (Å²) in [6, 6.07) is 11.4. The van der Waals surface area contributed by atoms with Crippen molar-refractivity contribution in [3.05, 3.63) is 42.2 Å². The summed E-state index contributed by atoms with van der Waals surface area (Å²) in [6.45, 7) is 1.66. The molecule has 4 heteroatoms. The number of hydrogen-bond donors (Lipinski definition) is 1. The zero-order valence-electron chi connectivity index (χ0n) is 12.0. The highest BCUT2D eigenvalue weighted by molar-refractivity contribution is 5.58. The van der Waals surface area contributed by atoms with Crippen molar-refractivity contribution in [2.45, 2.75) is 13.0 Å². The Morgan fingerprint density at radius 1 is 1.10 bits per heavy atom. The van der Waals surface area contributed by atoms with E-state index in [0.717, 1.165) is 30.0 Å². The van der Waals surface area contributed by atoms with Crippen LogP contribution in [0, 0.1) is 0 Å². The second kappa shape index (κ2) is 7.12. The van der Waals surface area contributed by atoms with Crippen molar-refractivity contribution >= 4 is 0 Å². The summed E-state index contributed by atoms with van der Waals surface area (Å²) >= 11 is 0. The molecule has 0 spiro atoms. The third-order valence-corrected chi connectivity index (χ3v) is 2.97. The topological polar surface area (TPSA) is 45.8 Å². The van der Waals surface area contributed by atoms with Crippen LogP contribution in [-0.4, -0.2) is 37.3 Å². The van der Waals surface area contributed by atoms with Crippen LogP contribution < -0.4 is 4.74 Å². The Kier molecular flexibility index (Phi) is 5.21. The van der Waals surface area contributed by atoms with Crippen LogP contribution in [0.2, 0.25) is 0 Å². The van der Waals surface area contributed by atoms with Crippen LogP contribution in [-0.2, 0) is 6.61 Å². The van der Waals surface area contributed by atoms with E-state index < -0.39 is 0 Å². The van der Waals surface area contributed by atoms with Crippen LogP contribution in [0.25, 0.3) is 11.3 Å². The quantitative estimate of drug-likeness (QED) is 0.789. The number of ether oxygens (including phenoxy) is 1. The van der Waals surface area contributed by atoms with E-state index in [4.69, 9.17) is 14.3 Å². The summed E-state index contributed by atoms with van der Waals surface area (Å²) in [5, 5.41) is 8.98. The predicted molar refractivity (Wildman–Crippen MR) is 78.7 cm³/mol. The van der Waals surface area contributed by atoms with Gasteiger partial charge in [0.1, 0.15) is 23.9 Å². The molecule has 0 saturated carbocycles. The van der Waals surface area contributed by atoms with Gasteiger partial charge in [0, 0.05) is 12.1 Å². The molecule has 0 atom stereocenters. The number of furan rings is 1. The molecule has 2 aromatic rings. The lowest BCUT2D eigenvalue weighted by Gasteiger charge is -2.10. The van der Waals surface area contributed by atoms with Gasteiger partial charge in [0.2, 0.25) is 0 Å². The summed E-state index contributed by atoms with van der Waals surface area (Å²) in [5.74, 6) is 2.19. The van der Waals surface area contributed by atoms with Crippen molar-refractivity contribution in [1.82, 2.24) is 4.90 Å². The molecule has 0 amide bonds. The maximum Gasteiger partial charge on any atom is 0.134 e. The van der Waals surface area contributed by atoms with Crippen molar-refractivity contribution in [1.29, 1.82) is 0 Å². The van der Waals surface area contributed by atoms with Gasteiger partial charge in [-0.1, -0.05) is 0 Å². The Balaban J connectivity index is 1.89. The molecule has 0 unspecified atom stereocenters.